The van der Waals surface area contributed by atoms with Gasteiger partial charge in [-0.3, -0.25) is 0 Å². The van der Waals surface area contributed by atoms with Gasteiger partial charge in [0.1, 0.15) is 0 Å². The van der Waals surface area contributed by atoms with Gasteiger partial charge in [0.15, 0.2) is 0 Å². The number of hydrogen-bond acceptors (Lipinski definition) is 1. The Morgan fingerprint density at radius 1 is 0.727 bits per heavy atom. The van der Waals surface area contributed by atoms with Crippen molar-refractivity contribution in [1.29, 1.82) is 0 Å². The molecule has 193 valence electrons. The van der Waals surface area contributed by atoms with Crippen molar-refractivity contribution in [2.45, 2.75) is 94.0 Å². The summed E-state index contributed by atoms with van der Waals surface area (Å²) in [6.45, 7) is 32.9. The van der Waals surface area contributed by atoms with Crippen LogP contribution in [0.2, 0.25) is 32.7 Å². The van der Waals surface area contributed by atoms with Crippen LogP contribution in [-0.2, 0) is 4.74 Å². The van der Waals surface area contributed by atoms with Crippen molar-refractivity contribution >= 4 is 22.0 Å². The van der Waals surface area contributed by atoms with E-state index in [1.165, 1.54) is 64.4 Å². The molecule has 2 nitrogen and oxygen atoms in total. The molecule has 0 spiro atoms. The van der Waals surface area contributed by atoms with Crippen LogP contribution in [0.4, 0.5) is 5.69 Å². The minimum Gasteiger partial charge on any atom is -0.686 e. The molecular formula is C28H48LuNOSi2+. The van der Waals surface area contributed by atoms with Crippen LogP contribution in [0.25, 0.3) is 4.98 Å². The third kappa shape index (κ3) is 11.1. The third-order valence-corrected chi connectivity index (χ3v) is 8.66. The molecular weight excluding hydrogens is 597 g/mol. The van der Waals surface area contributed by atoms with E-state index in [1.54, 1.807) is 0 Å². The molecule has 1 heterocycles. The van der Waals surface area contributed by atoms with Gasteiger partial charge >= 0.3 is 36.9 Å². The molecule has 0 atom stereocenters. The monoisotopic (exact) mass is 645 g/mol. The van der Waals surface area contributed by atoms with E-state index < -0.39 is 16.3 Å². The zero-order valence-corrected chi connectivity index (χ0v) is 27.0. The fourth-order valence-corrected chi connectivity index (χ4v) is 7.56. The molecule has 0 amide bonds. The molecule has 0 unspecified atom stereocenters. The zero-order chi connectivity index (χ0) is 24.9. The van der Waals surface area contributed by atoms with Crippen molar-refractivity contribution in [3.05, 3.63) is 69.6 Å². The third-order valence-electron chi connectivity index (χ3n) is 5.90. The van der Waals surface area contributed by atoms with Crippen molar-refractivity contribution in [2.24, 2.45) is 0 Å². The van der Waals surface area contributed by atoms with Gasteiger partial charge in [-0.1, -0.05) is 89.3 Å². The van der Waals surface area contributed by atoms with Crippen LogP contribution in [0, 0.1) is 93.4 Å². The molecule has 3 rings (SSSR count). The summed E-state index contributed by atoms with van der Waals surface area (Å²) in [5.41, 5.74) is 6.65. The number of aryl methyl sites for hydroxylation is 3. The summed E-state index contributed by atoms with van der Waals surface area (Å²) < 4.78 is 4.94. The van der Waals surface area contributed by atoms with Gasteiger partial charge in [0.2, 0.25) is 0 Å². The Balaban J connectivity index is 0.000000772. The van der Waals surface area contributed by atoms with Gasteiger partial charge in [-0.2, -0.15) is 0 Å². The minimum atomic E-state index is -1.88. The predicted molar refractivity (Wildman–Crippen MR) is 149 cm³/mol. The van der Waals surface area contributed by atoms with E-state index in [9.17, 15) is 0 Å². The molecule has 0 N–H and O–H groups in total. The molecule has 33 heavy (non-hydrogen) atoms. The van der Waals surface area contributed by atoms with Crippen LogP contribution in [-0.4, -0.2) is 29.5 Å². The van der Waals surface area contributed by atoms with Gasteiger partial charge < -0.3 is 16.3 Å². The second-order valence-corrected chi connectivity index (χ2v) is 20.1. The van der Waals surface area contributed by atoms with Gasteiger partial charge in [-0.25, -0.2) is 0 Å². The van der Waals surface area contributed by atoms with Crippen molar-refractivity contribution in [3.63, 3.8) is 0 Å². The van der Waals surface area contributed by atoms with E-state index in [-0.39, 0.29) is 36.9 Å². The largest absolute Gasteiger partial charge is 3.00 e. The number of ether oxygens (including phenoxy) is 1. The Morgan fingerprint density at radius 3 is 1.39 bits per heavy atom. The Bertz CT molecular complexity index is 662. The molecule has 1 aromatic rings. The van der Waals surface area contributed by atoms with Crippen LogP contribution in [0.5, 0.6) is 0 Å². The Kier molecular flexibility index (Phi) is 14.7. The summed E-state index contributed by atoms with van der Waals surface area (Å²) in [5.74, 6) is 5.80. The van der Waals surface area contributed by atoms with E-state index in [2.05, 4.69) is 99.9 Å². The van der Waals surface area contributed by atoms with E-state index in [1.807, 2.05) is 0 Å². The average molecular weight is 646 g/mol. The van der Waals surface area contributed by atoms with Crippen LogP contribution < -0.4 is 0 Å². The SMILES string of the molecule is C1CCOC1.C[C]1[C](C)[C](C)[C]([Si](C)(C)[N-]c2c(C)cc(C)cc2C)[C]1C.[CH2-][Si](C)(C)C.[Lu+3]. The van der Waals surface area contributed by atoms with Crippen LogP contribution >= 0.6 is 0 Å². The minimum absolute atomic E-state index is 0. The second kappa shape index (κ2) is 14.4. The maximum atomic E-state index is 5.32. The fourth-order valence-electron chi connectivity index (χ4n) is 4.33. The van der Waals surface area contributed by atoms with Crippen molar-refractivity contribution < 1.29 is 41.6 Å². The quantitative estimate of drug-likeness (QED) is 0.238. The van der Waals surface area contributed by atoms with Crippen molar-refractivity contribution in [2.75, 3.05) is 13.2 Å². The van der Waals surface area contributed by atoms with Gasteiger partial charge in [0.05, 0.1) is 0 Å². The summed E-state index contributed by atoms with van der Waals surface area (Å²) in [6.07, 6.45) is 2.56. The summed E-state index contributed by atoms with van der Waals surface area (Å²) in [4.78, 5) is 5.32. The average Bonchev–Trinajstić information content (AvgIpc) is 3.26. The first-order valence-electron chi connectivity index (χ1n) is 12.0. The first-order chi connectivity index (χ1) is 14.6. The van der Waals surface area contributed by atoms with Crippen molar-refractivity contribution in [1.82, 2.24) is 0 Å². The maximum absolute atomic E-state index is 5.32. The fraction of sp³-hybridized carbons (Fsp3) is 0.571. The van der Waals surface area contributed by atoms with Gasteiger partial charge in [-0.15, -0.1) is 13.8 Å². The zero-order valence-electron chi connectivity index (χ0n) is 23.3. The van der Waals surface area contributed by atoms with Crippen LogP contribution in [0.3, 0.4) is 0 Å². The van der Waals surface area contributed by atoms with Crippen LogP contribution in [0.1, 0.15) is 57.2 Å². The molecule has 5 heteroatoms. The van der Waals surface area contributed by atoms with E-state index in [0.717, 1.165) is 13.2 Å². The van der Waals surface area contributed by atoms with Crippen LogP contribution in [0.15, 0.2) is 12.1 Å². The summed E-state index contributed by atoms with van der Waals surface area (Å²) in [6, 6.07) is 4.50. The molecule has 2 fully saturated rings. The number of hydrogen-bond donors (Lipinski definition) is 0. The number of nitrogens with zero attached hydrogens (tertiary/aromatic N) is 1. The summed E-state index contributed by atoms with van der Waals surface area (Å²) >= 11 is 0. The smallest absolute Gasteiger partial charge is 0.686 e. The molecule has 1 aromatic carbocycles. The molecule has 1 aliphatic carbocycles. The standard InChI is InChI=1S/C20H29NSi.C4H8O.C4H11Si.Lu/c1-12-10-13(2)19(14(3)11-12)21-22(8,9)20-17(6)15(4)16(5)18(20)7;1-2-4-5-3-1;1-5(2,3)4;/h10-11H,1-9H3;1-4H2;1H2,2-4H3;/q-1;;-1;+3. The van der Waals surface area contributed by atoms with Gasteiger partial charge in [0.25, 0.3) is 0 Å². The molecule has 1 saturated heterocycles. The molecule has 2 aliphatic rings. The number of rotatable bonds is 3. The number of benzene rings is 1. The topological polar surface area (TPSA) is 23.3 Å². The summed E-state index contributed by atoms with van der Waals surface area (Å²) in [7, 11) is -2.74. The molecule has 1 saturated carbocycles. The molecule has 5 radical (unpaired) electrons. The molecule has 1 aliphatic heterocycles. The normalized spacial score (nSPS) is 18.8. The van der Waals surface area contributed by atoms with E-state index in [0.29, 0.717) is 0 Å². The van der Waals surface area contributed by atoms with Gasteiger partial charge in [0, 0.05) is 13.2 Å². The first-order valence-corrected chi connectivity index (χ1v) is 18.7. The Hall–Kier alpha value is 0.648. The molecule has 0 aromatic heterocycles. The first kappa shape index (κ1) is 33.6. The van der Waals surface area contributed by atoms with Gasteiger partial charge in [-0.05, 0) is 71.1 Å². The second-order valence-electron chi connectivity index (χ2n) is 11.2. The Labute approximate surface area is 238 Å². The Morgan fingerprint density at radius 2 is 1.09 bits per heavy atom. The van der Waals surface area contributed by atoms with E-state index >= 15 is 0 Å². The maximum Gasteiger partial charge on any atom is 3.00 e. The van der Waals surface area contributed by atoms with Crippen molar-refractivity contribution in [3.8, 4) is 0 Å². The summed E-state index contributed by atoms with van der Waals surface area (Å²) in [5, 5.41) is 0. The molecule has 0 bridgehead atoms. The van der Waals surface area contributed by atoms with E-state index in [4.69, 9.17) is 9.72 Å². The predicted octanol–water partition coefficient (Wildman–Crippen LogP) is 8.82.